The van der Waals surface area contributed by atoms with Crippen LogP contribution in [0.15, 0.2) is 18.2 Å². The first kappa shape index (κ1) is 14.3. The van der Waals surface area contributed by atoms with E-state index in [0.717, 1.165) is 0 Å². The minimum atomic E-state index is -1.21. The van der Waals surface area contributed by atoms with Crippen molar-refractivity contribution in [3.05, 3.63) is 23.8 Å². The van der Waals surface area contributed by atoms with Gasteiger partial charge in [-0.3, -0.25) is 0 Å². The quantitative estimate of drug-likeness (QED) is 0.752. The van der Waals surface area contributed by atoms with Crippen LogP contribution in [-0.2, 0) is 9.53 Å². The SMILES string of the molecule is COc1ccc(OC)c(C(OCCO)C(=O)O)c1. The Hall–Kier alpha value is -1.79. The third kappa shape index (κ3) is 3.35. The average molecular weight is 256 g/mol. The Bertz CT molecular complexity index is 404. The number of benzene rings is 1. The lowest BCUT2D eigenvalue weighted by Crippen LogP contribution is -2.18. The second-order valence-electron chi connectivity index (χ2n) is 3.42. The molecule has 0 saturated carbocycles. The van der Waals surface area contributed by atoms with Crippen LogP contribution in [0.5, 0.6) is 11.5 Å². The first-order chi connectivity index (χ1) is 8.63. The van der Waals surface area contributed by atoms with Crippen molar-refractivity contribution >= 4 is 5.97 Å². The molecule has 0 radical (unpaired) electrons. The maximum Gasteiger partial charge on any atom is 0.337 e. The molecule has 0 heterocycles. The highest BCUT2D eigenvalue weighted by molar-refractivity contribution is 5.75. The molecule has 0 amide bonds. The average Bonchev–Trinajstić information content (AvgIpc) is 2.38. The number of carboxylic acids is 1. The zero-order valence-electron chi connectivity index (χ0n) is 10.3. The minimum Gasteiger partial charge on any atom is -0.497 e. The molecule has 1 aromatic carbocycles. The number of carbonyl (C=O) groups is 1. The van der Waals surface area contributed by atoms with Gasteiger partial charge < -0.3 is 24.4 Å². The van der Waals surface area contributed by atoms with Crippen LogP contribution in [0.4, 0.5) is 0 Å². The Balaban J connectivity index is 3.11. The lowest BCUT2D eigenvalue weighted by Gasteiger charge is -2.17. The summed E-state index contributed by atoms with van der Waals surface area (Å²) in [6.45, 7) is -0.326. The zero-order chi connectivity index (χ0) is 13.5. The Kier molecular flexibility index (Phi) is 5.41. The molecule has 0 fully saturated rings. The molecule has 6 nitrogen and oxygen atoms in total. The number of methoxy groups -OCH3 is 2. The number of rotatable bonds is 7. The van der Waals surface area contributed by atoms with Gasteiger partial charge in [0.15, 0.2) is 6.10 Å². The molecule has 6 heteroatoms. The van der Waals surface area contributed by atoms with Gasteiger partial charge in [-0.05, 0) is 18.2 Å². The summed E-state index contributed by atoms with van der Waals surface area (Å²) in [5, 5.41) is 17.8. The van der Waals surface area contributed by atoms with Gasteiger partial charge in [-0.25, -0.2) is 4.79 Å². The van der Waals surface area contributed by atoms with Gasteiger partial charge in [-0.2, -0.15) is 0 Å². The van der Waals surface area contributed by atoms with Gasteiger partial charge in [-0.1, -0.05) is 0 Å². The highest BCUT2D eigenvalue weighted by Crippen LogP contribution is 2.31. The molecule has 0 aromatic heterocycles. The lowest BCUT2D eigenvalue weighted by atomic mass is 10.1. The Morgan fingerprint density at radius 2 is 2.06 bits per heavy atom. The van der Waals surface area contributed by atoms with Crippen LogP contribution >= 0.6 is 0 Å². The highest BCUT2D eigenvalue weighted by atomic mass is 16.5. The molecular formula is C12H16O6. The van der Waals surface area contributed by atoms with E-state index in [2.05, 4.69) is 0 Å². The Morgan fingerprint density at radius 3 is 2.56 bits per heavy atom. The summed E-state index contributed by atoms with van der Waals surface area (Å²) in [6.07, 6.45) is -1.21. The first-order valence-electron chi connectivity index (χ1n) is 5.31. The number of aliphatic hydroxyl groups is 1. The number of carboxylic acid groups (broad SMARTS) is 1. The van der Waals surface area contributed by atoms with Gasteiger partial charge in [0.05, 0.1) is 27.4 Å². The van der Waals surface area contributed by atoms with Crippen LogP contribution in [0.3, 0.4) is 0 Å². The monoisotopic (exact) mass is 256 g/mol. The molecule has 0 aliphatic carbocycles. The van der Waals surface area contributed by atoms with E-state index in [1.807, 2.05) is 0 Å². The van der Waals surface area contributed by atoms with Gasteiger partial charge in [0.1, 0.15) is 11.5 Å². The van der Waals surface area contributed by atoms with Crippen LogP contribution in [0, 0.1) is 0 Å². The molecule has 18 heavy (non-hydrogen) atoms. The fourth-order valence-corrected chi connectivity index (χ4v) is 1.51. The van der Waals surface area contributed by atoms with Gasteiger partial charge in [0.25, 0.3) is 0 Å². The fourth-order valence-electron chi connectivity index (χ4n) is 1.51. The summed E-state index contributed by atoms with van der Waals surface area (Å²) in [5.41, 5.74) is 0.345. The molecule has 0 aliphatic heterocycles. The van der Waals surface area contributed by atoms with Crippen LogP contribution < -0.4 is 9.47 Å². The smallest absolute Gasteiger partial charge is 0.337 e. The molecule has 1 atom stereocenters. The number of aliphatic hydroxyl groups excluding tert-OH is 1. The molecule has 2 N–H and O–H groups in total. The van der Waals surface area contributed by atoms with E-state index in [0.29, 0.717) is 17.1 Å². The molecule has 0 bridgehead atoms. The molecular weight excluding hydrogens is 240 g/mol. The van der Waals surface area contributed by atoms with Crippen molar-refractivity contribution in [2.24, 2.45) is 0 Å². The molecule has 0 aliphatic rings. The van der Waals surface area contributed by atoms with Gasteiger partial charge in [0, 0.05) is 5.56 Å². The summed E-state index contributed by atoms with van der Waals surface area (Å²) in [4.78, 5) is 11.2. The van der Waals surface area contributed by atoms with Crippen molar-refractivity contribution in [2.75, 3.05) is 27.4 Å². The fraction of sp³-hybridized carbons (Fsp3) is 0.417. The summed E-state index contributed by atoms with van der Waals surface area (Å²) < 4.78 is 15.2. The van der Waals surface area contributed by atoms with Crippen LogP contribution in [-0.4, -0.2) is 43.6 Å². The summed E-state index contributed by atoms with van der Waals surface area (Å²) in [5.74, 6) is -0.263. The highest BCUT2D eigenvalue weighted by Gasteiger charge is 2.24. The van der Waals surface area contributed by atoms with Crippen LogP contribution in [0.1, 0.15) is 11.7 Å². The Morgan fingerprint density at radius 1 is 1.33 bits per heavy atom. The second-order valence-corrected chi connectivity index (χ2v) is 3.42. The normalized spacial score (nSPS) is 11.9. The minimum absolute atomic E-state index is 0.0721. The topological polar surface area (TPSA) is 85.2 Å². The first-order valence-corrected chi connectivity index (χ1v) is 5.31. The van der Waals surface area contributed by atoms with E-state index in [9.17, 15) is 4.79 Å². The number of hydrogen-bond acceptors (Lipinski definition) is 5. The predicted octanol–water partition coefficient (Wildman–Crippen LogP) is 0.838. The van der Waals surface area contributed by atoms with Crippen molar-refractivity contribution in [1.29, 1.82) is 0 Å². The van der Waals surface area contributed by atoms with Crippen molar-refractivity contribution in [3.8, 4) is 11.5 Å². The van der Waals surface area contributed by atoms with E-state index in [1.165, 1.54) is 20.3 Å². The van der Waals surface area contributed by atoms with Gasteiger partial charge >= 0.3 is 5.97 Å². The summed E-state index contributed by atoms with van der Waals surface area (Å²) >= 11 is 0. The Labute approximate surface area is 105 Å². The number of ether oxygens (including phenoxy) is 3. The van der Waals surface area contributed by atoms with Gasteiger partial charge in [0.2, 0.25) is 0 Å². The second kappa shape index (κ2) is 6.83. The molecule has 100 valence electrons. The van der Waals surface area contributed by atoms with Crippen molar-refractivity contribution in [2.45, 2.75) is 6.10 Å². The summed E-state index contributed by atoms with van der Waals surface area (Å²) in [6, 6.07) is 4.80. The standard InChI is InChI=1S/C12H16O6/c1-16-8-3-4-10(17-2)9(7-8)11(12(14)15)18-6-5-13/h3-4,7,11,13H,5-6H2,1-2H3,(H,14,15). The third-order valence-electron chi connectivity index (χ3n) is 2.32. The predicted molar refractivity (Wildman–Crippen MR) is 63.0 cm³/mol. The number of hydrogen-bond donors (Lipinski definition) is 2. The van der Waals surface area contributed by atoms with Crippen LogP contribution in [0.2, 0.25) is 0 Å². The van der Waals surface area contributed by atoms with Gasteiger partial charge in [-0.15, -0.1) is 0 Å². The van der Waals surface area contributed by atoms with Crippen molar-refractivity contribution in [3.63, 3.8) is 0 Å². The van der Waals surface area contributed by atoms with E-state index < -0.39 is 12.1 Å². The molecule has 0 spiro atoms. The largest absolute Gasteiger partial charge is 0.497 e. The van der Waals surface area contributed by atoms with Crippen molar-refractivity contribution < 1.29 is 29.2 Å². The number of aliphatic carboxylic acids is 1. The maximum absolute atomic E-state index is 11.2. The maximum atomic E-state index is 11.2. The molecule has 1 unspecified atom stereocenters. The van der Waals surface area contributed by atoms with Crippen molar-refractivity contribution in [1.82, 2.24) is 0 Å². The zero-order valence-corrected chi connectivity index (χ0v) is 10.3. The van der Waals surface area contributed by atoms with E-state index in [4.69, 9.17) is 24.4 Å². The molecule has 1 rings (SSSR count). The summed E-state index contributed by atoms with van der Waals surface area (Å²) in [7, 11) is 2.92. The van der Waals surface area contributed by atoms with Crippen LogP contribution in [0.25, 0.3) is 0 Å². The molecule has 0 saturated heterocycles. The van der Waals surface area contributed by atoms with E-state index >= 15 is 0 Å². The third-order valence-corrected chi connectivity index (χ3v) is 2.32. The lowest BCUT2D eigenvalue weighted by molar-refractivity contribution is -0.151. The van der Waals surface area contributed by atoms with E-state index in [-0.39, 0.29) is 13.2 Å². The molecule has 1 aromatic rings. The van der Waals surface area contributed by atoms with E-state index in [1.54, 1.807) is 12.1 Å².